The van der Waals surface area contributed by atoms with Crippen molar-refractivity contribution >= 4 is 5.91 Å². The van der Waals surface area contributed by atoms with Crippen molar-refractivity contribution in [3.63, 3.8) is 0 Å². The predicted molar refractivity (Wildman–Crippen MR) is 90.2 cm³/mol. The first kappa shape index (κ1) is 16.4. The van der Waals surface area contributed by atoms with Gasteiger partial charge in [-0.1, -0.05) is 6.42 Å². The molecule has 3 rings (SSSR count). The van der Waals surface area contributed by atoms with Crippen molar-refractivity contribution in [2.24, 2.45) is 5.41 Å². The normalized spacial score (nSPS) is 20.6. The molecule has 2 aliphatic carbocycles. The van der Waals surface area contributed by atoms with E-state index in [0.717, 1.165) is 44.4 Å². The van der Waals surface area contributed by atoms with Gasteiger partial charge in [0.15, 0.2) is 0 Å². The second-order valence-corrected chi connectivity index (χ2v) is 7.45. The number of unbranched alkanes of at least 4 members (excludes halogenated alkanes) is 1. The van der Waals surface area contributed by atoms with Crippen LogP contribution in [0.15, 0.2) is 24.5 Å². The summed E-state index contributed by atoms with van der Waals surface area (Å²) in [5.41, 5.74) is 1.30. The van der Waals surface area contributed by atoms with Crippen LogP contribution in [0.1, 0.15) is 50.5 Å². The van der Waals surface area contributed by atoms with E-state index in [2.05, 4.69) is 4.98 Å². The summed E-state index contributed by atoms with van der Waals surface area (Å²) < 4.78 is 5.09. The summed E-state index contributed by atoms with van der Waals surface area (Å²) in [6.45, 7) is 1.57. The molecule has 0 aliphatic heterocycles. The third-order valence-corrected chi connectivity index (χ3v) is 5.85. The minimum atomic E-state index is -0.306. The number of aromatic nitrogens is 1. The van der Waals surface area contributed by atoms with Crippen molar-refractivity contribution in [2.75, 3.05) is 27.3 Å². The first-order valence-corrected chi connectivity index (χ1v) is 8.77. The monoisotopic (exact) mass is 316 g/mol. The van der Waals surface area contributed by atoms with Crippen molar-refractivity contribution in [3.05, 3.63) is 30.1 Å². The van der Waals surface area contributed by atoms with Gasteiger partial charge in [0.25, 0.3) is 0 Å². The Balaban J connectivity index is 1.70. The van der Waals surface area contributed by atoms with Gasteiger partial charge in [-0.2, -0.15) is 0 Å². The molecule has 0 aromatic carbocycles. The van der Waals surface area contributed by atoms with E-state index in [-0.39, 0.29) is 5.41 Å². The number of carbonyl (C=O) groups is 1. The second kappa shape index (κ2) is 6.60. The van der Waals surface area contributed by atoms with Gasteiger partial charge in [-0.05, 0) is 61.6 Å². The molecule has 0 bridgehead atoms. The summed E-state index contributed by atoms with van der Waals surface area (Å²) in [7, 11) is 3.67. The van der Waals surface area contributed by atoms with Crippen molar-refractivity contribution < 1.29 is 9.53 Å². The summed E-state index contributed by atoms with van der Waals surface area (Å²) in [6.07, 6.45) is 11.6. The van der Waals surface area contributed by atoms with Crippen LogP contribution in [0.2, 0.25) is 0 Å². The lowest BCUT2D eigenvalue weighted by Gasteiger charge is -2.61. The van der Waals surface area contributed by atoms with Gasteiger partial charge in [-0.3, -0.25) is 9.78 Å². The summed E-state index contributed by atoms with van der Waals surface area (Å²) in [5.74, 6) is 0.290. The summed E-state index contributed by atoms with van der Waals surface area (Å²) in [5, 5.41) is 0. The zero-order chi connectivity index (χ0) is 16.3. The molecule has 1 aromatic heterocycles. The van der Waals surface area contributed by atoms with Crippen LogP contribution in [0.25, 0.3) is 0 Å². The quantitative estimate of drug-likeness (QED) is 0.726. The van der Waals surface area contributed by atoms with E-state index in [4.69, 9.17) is 4.74 Å². The fraction of sp³-hybridized carbons (Fsp3) is 0.684. The standard InChI is InChI=1S/C19H28N2O2/c1-21(12-3-4-13-23-2)17(22)19(16-6-10-20-11-7-16)14-18(15-19)8-5-9-18/h6-7,10-11H,3-5,8-9,12-15H2,1-2H3. The molecule has 2 fully saturated rings. The zero-order valence-electron chi connectivity index (χ0n) is 14.4. The molecule has 0 atom stereocenters. The Bertz CT molecular complexity index is 532. The molecule has 0 unspecified atom stereocenters. The molecule has 1 amide bonds. The van der Waals surface area contributed by atoms with E-state index < -0.39 is 0 Å². The zero-order valence-corrected chi connectivity index (χ0v) is 14.4. The van der Waals surface area contributed by atoms with Gasteiger partial charge in [0, 0.05) is 39.7 Å². The highest BCUT2D eigenvalue weighted by Gasteiger charge is 2.61. The van der Waals surface area contributed by atoms with Gasteiger partial charge in [-0.25, -0.2) is 0 Å². The Morgan fingerprint density at radius 3 is 2.52 bits per heavy atom. The molecule has 1 aromatic rings. The third kappa shape index (κ3) is 3.01. The van der Waals surface area contributed by atoms with Crippen molar-refractivity contribution in [2.45, 2.75) is 50.4 Å². The van der Waals surface area contributed by atoms with Gasteiger partial charge in [0.1, 0.15) is 0 Å². The molecule has 4 heteroatoms. The van der Waals surface area contributed by atoms with Crippen LogP contribution in [0.5, 0.6) is 0 Å². The Morgan fingerprint density at radius 1 is 1.26 bits per heavy atom. The Labute approximate surface area is 139 Å². The van der Waals surface area contributed by atoms with Crippen LogP contribution in [0.4, 0.5) is 0 Å². The van der Waals surface area contributed by atoms with E-state index in [1.54, 1.807) is 7.11 Å². The van der Waals surface area contributed by atoms with Crippen LogP contribution in [0.3, 0.4) is 0 Å². The number of likely N-dealkylation sites (N-methyl/N-ethyl adjacent to an activating group) is 1. The highest BCUT2D eigenvalue weighted by molar-refractivity contribution is 5.89. The van der Waals surface area contributed by atoms with Crippen LogP contribution in [-0.4, -0.2) is 43.1 Å². The van der Waals surface area contributed by atoms with Crippen molar-refractivity contribution in [3.8, 4) is 0 Å². The van der Waals surface area contributed by atoms with E-state index >= 15 is 0 Å². The summed E-state index contributed by atoms with van der Waals surface area (Å²) in [4.78, 5) is 19.3. The largest absolute Gasteiger partial charge is 0.385 e. The average Bonchev–Trinajstić information content (AvgIpc) is 2.50. The van der Waals surface area contributed by atoms with Crippen molar-refractivity contribution in [1.29, 1.82) is 0 Å². The fourth-order valence-electron chi connectivity index (χ4n) is 4.47. The smallest absolute Gasteiger partial charge is 0.233 e. The SMILES string of the molecule is COCCCCN(C)C(=O)C1(c2ccncc2)CC2(CCC2)C1. The summed E-state index contributed by atoms with van der Waals surface area (Å²) in [6, 6.07) is 4.06. The average molecular weight is 316 g/mol. The van der Waals surface area contributed by atoms with Crippen LogP contribution < -0.4 is 0 Å². The molecule has 0 saturated heterocycles. The number of nitrogens with zero attached hydrogens (tertiary/aromatic N) is 2. The van der Waals surface area contributed by atoms with Gasteiger partial charge in [0.2, 0.25) is 5.91 Å². The molecule has 2 aliphatic rings. The lowest BCUT2D eigenvalue weighted by molar-refractivity contribution is -0.152. The predicted octanol–water partition coefficient (Wildman–Crippen LogP) is 3.17. The number of carbonyl (C=O) groups excluding carboxylic acids is 1. The fourth-order valence-corrected chi connectivity index (χ4v) is 4.47. The van der Waals surface area contributed by atoms with Gasteiger partial charge >= 0.3 is 0 Å². The van der Waals surface area contributed by atoms with E-state index in [9.17, 15) is 4.79 Å². The number of hydrogen-bond acceptors (Lipinski definition) is 3. The Kier molecular flexibility index (Phi) is 4.72. The number of amides is 1. The molecule has 0 N–H and O–H groups in total. The molecule has 126 valence electrons. The van der Waals surface area contributed by atoms with Crippen LogP contribution in [0, 0.1) is 5.41 Å². The molecular weight excluding hydrogens is 288 g/mol. The number of pyridine rings is 1. The molecular formula is C19H28N2O2. The minimum Gasteiger partial charge on any atom is -0.385 e. The first-order chi connectivity index (χ1) is 11.1. The Morgan fingerprint density at radius 2 is 1.96 bits per heavy atom. The maximum Gasteiger partial charge on any atom is 0.233 e. The lowest BCUT2D eigenvalue weighted by Crippen LogP contribution is -2.60. The van der Waals surface area contributed by atoms with E-state index in [1.807, 2.05) is 36.5 Å². The topological polar surface area (TPSA) is 42.4 Å². The molecule has 23 heavy (non-hydrogen) atoms. The maximum atomic E-state index is 13.2. The first-order valence-electron chi connectivity index (χ1n) is 8.77. The maximum absolute atomic E-state index is 13.2. The van der Waals surface area contributed by atoms with Crippen LogP contribution >= 0.6 is 0 Å². The number of hydrogen-bond donors (Lipinski definition) is 0. The second-order valence-electron chi connectivity index (χ2n) is 7.45. The van der Waals surface area contributed by atoms with Gasteiger partial charge in [0.05, 0.1) is 5.41 Å². The van der Waals surface area contributed by atoms with Crippen LogP contribution in [-0.2, 0) is 14.9 Å². The molecule has 1 heterocycles. The van der Waals surface area contributed by atoms with E-state index in [1.165, 1.54) is 19.3 Å². The number of methoxy groups -OCH3 is 1. The minimum absolute atomic E-state index is 0.290. The molecule has 1 spiro atoms. The van der Waals surface area contributed by atoms with Gasteiger partial charge < -0.3 is 9.64 Å². The highest BCUT2D eigenvalue weighted by Crippen LogP contribution is 2.65. The lowest BCUT2D eigenvalue weighted by atomic mass is 9.43. The molecule has 0 radical (unpaired) electrons. The number of rotatable bonds is 7. The Hall–Kier alpha value is -1.42. The van der Waals surface area contributed by atoms with Gasteiger partial charge in [-0.15, -0.1) is 0 Å². The highest BCUT2D eigenvalue weighted by atomic mass is 16.5. The van der Waals surface area contributed by atoms with E-state index in [0.29, 0.717) is 11.3 Å². The number of ether oxygens (including phenoxy) is 1. The third-order valence-electron chi connectivity index (χ3n) is 5.85. The molecule has 4 nitrogen and oxygen atoms in total. The summed E-state index contributed by atoms with van der Waals surface area (Å²) >= 11 is 0. The molecule has 2 saturated carbocycles. The van der Waals surface area contributed by atoms with Crippen molar-refractivity contribution in [1.82, 2.24) is 9.88 Å².